The Morgan fingerprint density at radius 2 is 1.90 bits per heavy atom. The van der Waals surface area contributed by atoms with E-state index in [0.29, 0.717) is 18.4 Å². The second-order valence-electron chi connectivity index (χ2n) is 13.7. The number of ether oxygens (including phenoxy) is 3. The maximum absolute atomic E-state index is 13.1. The third-order valence-corrected chi connectivity index (χ3v) is 12.0. The lowest BCUT2D eigenvalue weighted by Gasteiger charge is -2.66. The van der Waals surface area contributed by atoms with Crippen LogP contribution < -0.4 is 0 Å². The van der Waals surface area contributed by atoms with E-state index in [0.717, 1.165) is 11.1 Å². The van der Waals surface area contributed by atoms with Crippen LogP contribution in [0, 0.1) is 34.0 Å². The quantitative estimate of drug-likeness (QED) is 0.232. The van der Waals surface area contributed by atoms with Crippen molar-refractivity contribution in [3.8, 4) is 0 Å². The Morgan fingerprint density at radius 1 is 1.17 bits per heavy atom. The smallest absolute Gasteiger partial charge is 0.333 e. The zero-order chi connectivity index (χ0) is 29.8. The van der Waals surface area contributed by atoms with Crippen LogP contribution in [0.3, 0.4) is 0 Å². The normalized spacial score (nSPS) is 46.2. The van der Waals surface area contributed by atoms with Gasteiger partial charge in [0.25, 0.3) is 0 Å². The van der Waals surface area contributed by atoms with Crippen LogP contribution >= 0.6 is 0 Å². The number of esters is 3. The highest BCUT2D eigenvalue weighted by Gasteiger charge is 2.86. The molecule has 9 nitrogen and oxygen atoms in total. The van der Waals surface area contributed by atoms with E-state index in [1.165, 1.54) is 7.11 Å². The second kappa shape index (κ2) is 8.80. The van der Waals surface area contributed by atoms with Gasteiger partial charge in [-0.1, -0.05) is 32.4 Å². The number of hydrogen-bond donors (Lipinski definition) is 2. The summed E-state index contributed by atoms with van der Waals surface area (Å²) in [6, 6.07) is 1.81. The highest BCUT2D eigenvalue weighted by molar-refractivity contribution is 5.88. The van der Waals surface area contributed by atoms with E-state index in [2.05, 4.69) is 6.92 Å². The Balaban J connectivity index is 1.54. The average molecular weight is 569 g/mol. The van der Waals surface area contributed by atoms with Gasteiger partial charge in [0.15, 0.2) is 0 Å². The molecule has 4 aliphatic carbocycles. The van der Waals surface area contributed by atoms with Crippen molar-refractivity contribution in [2.45, 2.75) is 90.1 Å². The third kappa shape index (κ3) is 3.33. The molecule has 41 heavy (non-hydrogen) atoms. The van der Waals surface area contributed by atoms with Gasteiger partial charge in [-0.2, -0.15) is 0 Å². The Bertz CT molecular complexity index is 1360. The van der Waals surface area contributed by atoms with E-state index >= 15 is 0 Å². The molecule has 1 aromatic heterocycles. The zero-order valence-corrected chi connectivity index (χ0v) is 24.6. The summed E-state index contributed by atoms with van der Waals surface area (Å²) in [4.78, 5) is 39.1. The molecular weight excluding hydrogens is 528 g/mol. The summed E-state index contributed by atoms with van der Waals surface area (Å²) in [5.74, 6) is -2.34. The molecule has 0 amide bonds. The summed E-state index contributed by atoms with van der Waals surface area (Å²) in [7, 11) is 1.33. The number of fused-ring (bicyclic) bond motifs is 5. The predicted octanol–water partition coefficient (Wildman–Crippen LogP) is 4.19. The lowest BCUT2D eigenvalue weighted by Crippen LogP contribution is -2.74. The molecule has 2 N–H and O–H groups in total. The lowest BCUT2D eigenvalue weighted by molar-refractivity contribution is -0.266. The van der Waals surface area contributed by atoms with Crippen LogP contribution in [-0.4, -0.2) is 52.5 Å². The van der Waals surface area contributed by atoms with Gasteiger partial charge in [-0.15, -0.1) is 0 Å². The van der Waals surface area contributed by atoms with E-state index in [1.54, 1.807) is 44.6 Å². The molecule has 10 atom stereocenters. The molecule has 2 heterocycles. The number of aliphatic hydroxyl groups is 2. The minimum absolute atomic E-state index is 0.00391. The molecule has 6 rings (SSSR count). The van der Waals surface area contributed by atoms with Gasteiger partial charge in [0.2, 0.25) is 0 Å². The van der Waals surface area contributed by atoms with Gasteiger partial charge in [-0.25, -0.2) is 4.79 Å². The molecule has 0 spiro atoms. The van der Waals surface area contributed by atoms with Gasteiger partial charge < -0.3 is 28.8 Å². The maximum Gasteiger partial charge on any atom is 0.333 e. The van der Waals surface area contributed by atoms with Crippen LogP contribution in [0.2, 0.25) is 0 Å². The van der Waals surface area contributed by atoms with Crippen molar-refractivity contribution in [2.24, 2.45) is 34.0 Å². The van der Waals surface area contributed by atoms with Crippen LogP contribution in [0.25, 0.3) is 0 Å². The molecule has 1 aliphatic heterocycles. The van der Waals surface area contributed by atoms with Crippen LogP contribution in [0.1, 0.15) is 78.4 Å². The molecule has 1 saturated heterocycles. The highest BCUT2D eigenvalue weighted by atomic mass is 16.6. The fraction of sp³-hybridized carbons (Fsp3) is 0.656. The van der Waals surface area contributed by atoms with Crippen molar-refractivity contribution in [1.82, 2.24) is 0 Å². The maximum atomic E-state index is 13.1. The highest BCUT2D eigenvalue weighted by Crippen LogP contribution is 2.80. The fourth-order valence-corrected chi connectivity index (χ4v) is 9.91. The molecule has 4 fully saturated rings. The SMILES string of the molecule is CC=C(C)C(=O)O[C@H]1[C@@]2(C)C[C@@]3(O)[C@](C)([C@H]4CC[C@]5(C)[C@@H](CC(=O)O[C@H]5c5ccoc5)C4=C[C@@]13O)[C@H]2CC(=O)OC. The first-order valence-electron chi connectivity index (χ1n) is 14.5. The van der Waals surface area contributed by atoms with Gasteiger partial charge in [-0.05, 0) is 63.0 Å². The van der Waals surface area contributed by atoms with E-state index in [9.17, 15) is 24.6 Å². The molecule has 0 unspecified atom stereocenters. The standard InChI is InChI=1S/C32H40O9/c1-7-17(2)26(35)41-27-29(4)16-32(37)30(5,22(29)13-23(33)38-6)20-8-10-28(3)21(19(20)14-31(27,32)36)12-24(34)40-25(28)18-9-11-39-15-18/h7,9,11,14-15,20-22,25,27,36-37H,8,10,12-13,16H2,1-6H3/t20-,21-,22-,25-,27-,28+,29-,30+,31+,32+/m0/s1. The summed E-state index contributed by atoms with van der Waals surface area (Å²) >= 11 is 0. The van der Waals surface area contributed by atoms with Gasteiger partial charge in [0, 0.05) is 33.8 Å². The fourth-order valence-electron chi connectivity index (χ4n) is 9.91. The zero-order valence-electron chi connectivity index (χ0n) is 24.6. The Labute approximate surface area is 239 Å². The van der Waals surface area contributed by atoms with E-state index in [-0.39, 0.29) is 37.1 Å². The monoisotopic (exact) mass is 568 g/mol. The first-order valence-corrected chi connectivity index (χ1v) is 14.5. The van der Waals surface area contributed by atoms with E-state index < -0.39 is 57.5 Å². The number of carbonyl (C=O) groups is 3. The molecule has 9 heteroatoms. The molecule has 222 valence electrons. The predicted molar refractivity (Wildman–Crippen MR) is 145 cm³/mol. The number of hydrogen-bond acceptors (Lipinski definition) is 9. The number of cyclic esters (lactones) is 1. The van der Waals surface area contributed by atoms with E-state index in [1.807, 2.05) is 13.8 Å². The second-order valence-corrected chi connectivity index (χ2v) is 13.7. The first-order chi connectivity index (χ1) is 19.2. The largest absolute Gasteiger partial charge is 0.472 e. The number of methoxy groups -OCH3 is 1. The molecule has 2 bridgehead atoms. The van der Waals surface area contributed by atoms with Crippen molar-refractivity contribution < 1.29 is 43.2 Å². The van der Waals surface area contributed by atoms with Crippen molar-refractivity contribution in [3.05, 3.63) is 47.5 Å². The molecule has 5 aliphatic rings. The topological polar surface area (TPSA) is 132 Å². The van der Waals surface area contributed by atoms with Crippen LogP contribution in [0.5, 0.6) is 0 Å². The van der Waals surface area contributed by atoms with Gasteiger partial charge >= 0.3 is 17.9 Å². The van der Waals surface area contributed by atoms with Crippen LogP contribution in [-0.2, 0) is 28.6 Å². The summed E-state index contributed by atoms with van der Waals surface area (Å²) in [5.41, 5.74) is -3.96. The van der Waals surface area contributed by atoms with Gasteiger partial charge in [0.1, 0.15) is 23.4 Å². The third-order valence-electron chi connectivity index (χ3n) is 12.0. The summed E-state index contributed by atoms with van der Waals surface area (Å²) in [6.07, 6.45) is 6.50. The molecular formula is C32H40O9. The minimum atomic E-state index is -1.93. The Kier molecular flexibility index (Phi) is 6.06. The van der Waals surface area contributed by atoms with Crippen molar-refractivity contribution >= 4 is 17.9 Å². The summed E-state index contributed by atoms with van der Waals surface area (Å²) < 4.78 is 22.4. The van der Waals surface area contributed by atoms with E-state index in [4.69, 9.17) is 18.6 Å². The number of carbonyl (C=O) groups excluding carboxylic acids is 3. The Morgan fingerprint density at radius 3 is 2.54 bits per heavy atom. The Hall–Kier alpha value is -2.91. The number of rotatable bonds is 5. The summed E-state index contributed by atoms with van der Waals surface area (Å²) in [6.45, 7) is 9.33. The average Bonchev–Trinajstić information content (AvgIpc) is 3.57. The van der Waals surface area contributed by atoms with Gasteiger partial charge in [-0.3, -0.25) is 9.59 Å². The lowest BCUT2D eigenvalue weighted by atomic mass is 9.41. The molecule has 0 radical (unpaired) electrons. The number of allylic oxidation sites excluding steroid dienone is 2. The van der Waals surface area contributed by atoms with Gasteiger partial charge in [0.05, 0.1) is 26.1 Å². The van der Waals surface area contributed by atoms with Crippen molar-refractivity contribution in [1.29, 1.82) is 0 Å². The minimum Gasteiger partial charge on any atom is -0.472 e. The molecule has 3 saturated carbocycles. The van der Waals surface area contributed by atoms with Crippen molar-refractivity contribution in [3.63, 3.8) is 0 Å². The first kappa shape index (κ1) is 28.2. The van der Waals surface area contributed by atoms with Crippen LogP contribution in [0.15, 0.2) is 46.3 Å². The van der Waals surface area contributed by atoms with Crippen LogP contribution in [0.4, 0.5) is 0 Å². The summed E-state index contributed by atoms with van der Waals surface area (Å²) in [5, 5.41) is 25.3. The molecule has 0 aromatic carbocycles. The van der Waals surface area contributed by atoms with Crippen molar-refractivity contribution in [2.75, 3.05) is 7.11 Å². The molecule has 1 aromatic rings. The number of furan rings is 1.